The van der Waals surface area contributed by atoms with Gasteiger partial charge in [0.25, 0.3) is 0 Å². The van der Waals surface area contributed by atoms with E-state index in [0.717, 1.165) is 0 Å². The summed E-state index contributed by atoms with van der Waals surface area (Å²) in [7, 11) is -4.69. The van der Waals surface area contributed by atoms with Crippen molar-refractivity contribution in [3.05, 3.63) is 0 Å². The zero-order valence-corrected chi connectivity index (χ0v) is 6.20. The Morgan fingerprint density at radius 3 is 1.10 bits per heavy atom. The molecule has 0 spiro atoms. The first-order valence-electron chi connectivity index (χ1n) is 1.33. The predicted molar refractivity (Wildman–Crippen MR) is 8.03 cm³/mol. The summed E-state index contributed by atoms with van der Waals surface area (Å²) < 4.78 is 64.6. The molecule has 0 saturated carbocycles. The molecule has 3 N–H and O–H groups in total. The molecule has 0 fully saturated rings. The average molecular weight is 218 g/mol. The van der Waals surface area contributed by atoms with Gasteiger partial charge < -0.3 is 0 Å². The molecule has 10 heavy (non-hydrogen) atoms. The molecule has 0 aliphatic heterocycles. The van der Waals surface area contributed by atoms with Gasteiger partial charge in [-0.2, -0.15) is 14.0 Å². The van der Waals surface area contributed by atoms with E-state index in [1.807, 2.05) is 0 Å². The van der Waals surface area contributed by atoms with E-state index in [9.17, 15) is 0 Å². The summed E-state index contributed by atoms with van der Waals surface area (Å²) in [6, 6.07) is 0. The summed E-state index contributed by atoms with van der Waals surface area (Å²) in [4.78, 5) is 0. The van der Waals surface area contributed by atoms with Crippen LogP contribution in [0.1, 0.15) is 0 Å². The van der Waals surface area contributed by atoms with Crippen molar-refractivity contribution in [2.45, 2.75) is 0 Å². The van der Waals surface area contributed by atoms with Crippen molar-refractivity contribution in [1.82, 2.24) is 0 Å². The first-order chi connectivity index (χ1) is 4.00. The second kappa shape index (κ2) is 4.14. The van der Waals surface area contributed by atoms with Gasteiger partial charge in [0.15, 0.2) is 0 Å². The van der Waals surface area contributed by atoms with E-state index in [1.54, 1.807) is 0 Å². The molecule has 0 aromatic rings. The Labute approximate surface area is 59.1 Å². The quantitative estimate of drug-likeness (QED) is 0.362. The Kier molecular flexibility index (Phi) is 5.31. The third-order valence-corrected chi connectivity index (χ3v) is 0. The SMILES string of the molecule is [O-][Cl+3]([O-])([O-])O.[O]=[Cr](=[O])([OH])[OH]. The fourth-order valence-electron chi connectivity index (χ4n) is 0. The minimum absolute atomic E-state index is 4.69. The molecule has 10 heteroatoms. The second-order valence-electron chi connectivity index (χ2n) is 0.844. The van der Waals surface area contributed by atoms with Gasteiger partial charge in [0, 0.05) is 0 Å². The molecular weight excluding hydrogens is 215 g/mol. The van der Waals surface area contributed by atoms with Gasteiger partial charge in [-0.25, -0.2) is 0 Å². The maximum absolute atomic E-state index is 8.82. The molecule has 0 unspecified atom stereocenters. The molecule has 0 atom stereocenters. The van der Waals surface area contributed by atoms with Crippen molar-refractivity contribution >= 4 is 0 Å². The summed E-state index contributed by atoms with van der Waals surface area (Å²) >= 11 is -5.25. The summed E-state index contributed by atoms with van der Waals surface area (Å²) in [5, 5.41) is 0. The number of rotatable bonds is 0. The molecule has 0 heterocycles. The molecule has 0 aromatic carbocycles. The minimum atomic E-state index is -5.25. The molecule has 0 saturated heterocycles. The number of hydrogen-bond donors (Lipinski definition) is 3. The van der Waals surface area contributed by atoms with E-state index in [1.165, 1.54) is 0 Å². The summed E-state index contributed by atoms with van der Waals surface area (Å²) in [5.41, 5.74) is 0. The van der Waals surface area contributed by atoms with Crippen LogP contribution >= 0.6 is 0 Å². The third kappa shape index (κ3) is 12700. The fraction of sp³-hybridized carbons (Fsp3) is 0. The molecule has 0 rings (SSSR count). The van der Waals surface area contributed by atoms with Gasteiger partial charge in [0.2, 0.25) is 0 Å². The Balaban J connectivity index is 0. The number of hydrogen-bond acceptors (Lipinski definition) is 6. The first kappa shape index (κ1) is 12.8. The van der Waals surface area contributed by atoms with Crippen molar-refractivity contribution in [2.24, 2.45) is 0 Å². The van der Waals surface area contributed by atoms with Crippen LogP contribution in [0.2, 0.25) is 0 Å². The molecule has 0 aliphatic carbocycles. The first-order valence-corrected chi connectivity index (χ1v) is 4.78. The van der Waals surface area contributed by atoms with E-state index in [2.05, 4.69) is 0 Å². The molecular formula is H3ClCrO8. The standard InChI is InChI=1S/ClHO4.Cr.2H2O.2O/c2-1(3,4)5;;;;;/h(H,2,3,4,5);;2*1H2;;/q;+2;;;;/p-2. The predicted octanol–water partition coefficient (Wildman–Crippen LogP) is -5.48. The molecule has 0 aliphatic rings. The monoisotopic (exact) mass is 218 g/mol. The fourth-order valence-corrected chi connectivity index (χ4v) is 0. The van der Waals surface area contributed by atoms with Crippen LogP contribution < -0.4 is 14.0 Å². The Bertz CT molecular complexity index is 144. The van der Waals surface area contributed by atoms with Gasteiger partial charge in [-0.3, -0.25) is 0 Å². The van der Waals surface area contributed by atoms with Gasteiger partial charge in [-0.15, -0.1) is 0 Å². The molecule has 0 aromatic heterocycles. The second-order valence-corrected chi connectivity index (χ2v) is 3.03. The van der Waals surface area contributed by atoms with Crippen LogP contribution in [0.3, 0.4) is 0 Å². The van der Waals surface area contributed by atoms with E-state index in [0.29, 0.717) is 0 Å². The van der Waals surface area contributed by atoms with Gasteiger partial charge in [0.1, 0.15) is 0 Å². The maximum atomic E-state index is 8.82. The Morgan fingerprint density at radius 1 is 1.10 bits per heavy atom. The van der Waals surface area contributed by atoms with Crippen LogP contribution in [0.5, 0.6) is 0 Å². The van der Waals surface area contributed by atoms with Gasteiger partial charge in [-0.05, 0) is 0 Å². The van der Waals surface area contributed by atoms with Crippen LogP contribution in [-0.2, 0) is 21.2 Å². The summed E-state index contributed by atoms with van der Waals surface area (Å²) in [6.07, 6.45) is 0. The van der Waals surface area contributed by atoms with Crippen LogP contribution in [0.4, 0.5) is 0 Å². The van der Waals surface area contributed by atoms with Crippen molar-refractivity contribution in [1.29, 1.82) is 0 Å². The molecule has 0 radical (unpaired) electrons. The third-order valence-electron chi connectivity index (χ3n) is 0. The Morgan fingerprint density at radius 2 is 1.10 bits per heavy atom. The van der Waals surface area contributed by atoms with Crippen LogP contribution in [0.25, 0.3) is 0 Å². The average Bonchev–Trinajstić information content (AvgIpc) is 1.12. The van der Waals surface area contributed by atoms with Crippen LogP contribution in [0, 0.1) is 10.2 Å². The van der Waals surface area contributed by atoms with Crippen molar-refractivity contribution in [2.75, 3.05) is 0 Å². The van der Waals surface area contributed by atoms with Crippen molar-refractivity contribution in [3.8, 4) is 0 Å². The van der Waals surface area contributed by atoms with Crippen LogP contribution in [-0.4, -0.2) is 13.0 Å². The summed E-state index contributed by atoms with van der Waals surface area (Å²) in [6.45, 7) is 0. The molecule has 8 nitrogen and oxygen atoms in total. The normalized spacial score (nSPS) is 11.8. The molecule has 64 valence electrons. The van der Waals surface area contributed by atoms with E-state index in [4.69, 9.17) is 34.6 Å². The van der Waals surface area contributed by atoms with E-state index < -0.39 is 23.9 Å². The molecule has 0 amide bonds. The van der Waals surface area contributed by atoms with E-state index >= 15 is 0 Å². The zero-order chi connectivity index (χ0) is 9.00. The topological polar surface area (TPSA) is 164 Å². The van der Waals surface area contributed by atoms with Gasteiger partial charge >= 0.3 is 29.5 Å². The van der Waals surface area contributed by atoms with Gasteiger partial charge in [0.05, 0.1) is 14.9 Å². The number of halogens is 1. The molecule has 0 bridgehead atoms. The summed E-state index contributed by atoms with van der Waals surface area (Å²) in [5.74, 6) is 0. The van der Waals surface area contributed by atoms with Crippen molar-refractivity contribution < 1.29 is 58.4 Å². The Hall–Kier alpha value is 0.182. The van der Waals surface area contributed by atoms with E-state index in [-0.39, 0.29) is 0 Å². The van der Waals surface area contributed by atoms with Crippen molar-refractivity contribution in [3.63, 3.8) is 0 Å². The zero-order valence-electron chi connectivity index (χ0n) is 4.17. The van der Waals surface area contributed by atoms with Crippen LogP contribution in [0.15, 0.2) is 0 Å². The van der Waals surface area contributed by atoms with Gasteiger partial charge in [-0.1, -0.05) is 0 Å².